The van der Waals surface area contributed by atoms with Crippen molar-refractivity contribution < 1.29 is 9.53 Å². The quantitative estimate of drug-likeness (QED) is 0.646. The first kappa shape index (κ1) is 15.1. The average molecular weight is 271 g/mol. The summed E-state index contributed by atoms with van der Waals surface area (Å²) in [6.45, 7) is 4.37. The highest BCUT2D eigenvalue weighted by Crippen LogP contribution is 2.09. The average Bonchev–Trinajstić information content (AvgIpc) is 2.83. The highest BCUT2D eigenvalue weighted by molar-refractivity contribution is 7.09. The van der Waals surface area contributed by atoms with Crippen molar-refractivity contribution in [3.05, 3.63) is 16.1 Å². The Kier molecular flexibility index (Phi) is 7.55. The minimum Gasteiger partial charge on any atom is -0.383 e. The molecule has 2 N–H and O–H groups in total. The Balaban J connectivity index is 2.07. The minimum atomic E-state index is 0.0112. The van der Waals surface area contributed by atoms with Gasteiger partial charge in [0.2, 0.25) is 5.91 Å². The van der Waals surface area contributed by atoms with Gasteiger partial charge in [-0.3, -0.25) is 4.79 Å². The fourth-order valence-electron chi connectivity index (χ4n) is 1.39. The maximum absolute atomic E-state index is 11.4. The molecule has 5 nitrogen and oxygen atoms in total. The van der Waals surface area contributed by atoms with Crippen LogP contribution in [0.3, 0.4) is 0 Å². The first-order chi connectivity index (χ1) is 8.76. The fraction of sp³-hybridized carbons (Fsp3) is 0.667. The number of methoxy groups -OCH3 is 1. The van der Waals surface area contributed by atoms with Crippen molar-refractivity contribution in [3.63, 3.8) is 0 Å². The van der Waals surface area contributed by atoms with Crippen LogP contribution in [0.5, 0.6) is 0 Å². The Morgan fingerprint density at radius 3 is 3.00 bits per heavy atom. The van der Waals surface area contributed by atoms with E-state index in [4.69, 9.17) is 4.74 Å². The van der Waals surface area contributed by atoms with Gasteiger partial charge in [0.15, 0.2) is 0 Å². The second-order valence-electron chi connectivity index (χ2n) is 3.86. The predicted molar refractivity (Wildman–Crippen MR) is 73.0 cm³/mol. The molecule has 0 fully saturated rings. The van der Waals surface area contributed by atoms with Crippen LogP contribution in [0.1, 0.15) is 17.6 Å². The van der Waals surface area contributed by atoms with E-state index >= 15 is 0 Å². The lowest BCUT2D eigenvalue weighted by molar-refractivity contribution is -0.120. The van der Waals surface area contributed by atoms with Gasteiger partial charge in [0, 0.05) is 32.0 Å². The smallest absolute Gasteiger partial charge is 0.233 e. The van der Waals surface area contributed by atoms with E-state index in [1.165, 1.54) is 0 Å². The third-order valence-electron chi connectivity index (χ3n) is 2.37. The Morgan fingerprint density at radius 2 is 2.33 bits per heavy atom. The predicted octanol–water partition coefficient (Wildman–Crippen LogP) is 0.600. The number of hydrogen-bond donors (Lipinski definition) is 2. The molecule has 0 aliphatic rings. The van der Waals surface area contributed by atoms with Crippen LogP contribution in [0.25, 0.3) is 0 Å². The SMILES string of the molecule is CCc1nc(CCNC(=O)CNCCOC)cs1. The number of aryl methyl sites for hydroxylation is 1. The molecule has 102 valence electrons. The molecule has 0 atom stereocenters. The number of carbonyl (C=O) groups excluding carboxylic acids is 1. The van der Waals surface area contributed by atoms with E-state index in [2.05, 4.69) is 27.9 Å². The second-order valence-corrected chi connectivity index (χ2v) is 4.80. The topological polar surface area (TPSA) is 63.2 Å². The molecule has 1 aromatic rings. The number of ether oxygens (including phenoxy) is 1. The zero-order valence-corrected chi connectivity index (χ0v) is 11.8. The first-order valence-corrected chi connectivity index (χ1v) is 7.03. The largest absolute Gasteiger partial charge is 0.383 e. The number of nitrogens with one attached hydrogen (secondary N) is 2. The Bertz CT molecular complexity index is 355. The van der Waals surface area contributed by atoms with Crippen LogP contribution in [0.2, 0.25) is 0 Å². The number of carbonyl (C=O) groups is 1. The lowest BCUT2D eigenvalue weighted by Crippen LogP contribution is -2.36. The third-order valence-corrected chi connectivity index (χ3v) is 3.42. The van der Waals surface area contributed by atoms with Crippen molar-refractivity contribution in [1.82, 2.24) is 15.6 Å². The van der Waals surface area contributed by atoms with Crippen LogP contribution in [0.15, 0.2) is 5.38 Å². The number of nitrogens with zero attached hydrogens (tertiary/aromatic N) is 1. The summed E-state index contributed by atoms with van der Waals surface area (Å²) in [6.07, 6.45) is 1.76. The van der Waals surface area contributed by atoms with E-state index in [0.29, 0.717) is 26.2 Å². The maximum atomic E-state index is 11.4. The van der Waals surface area contributed by atoms with Crippen LogP contribution in [-0.2, 0) is 22.4 Å². The van der Waals surface area contributed by atoms with Gasteiger partial charge in [0.25, 0.3) is 0 Å². The molecule has 1 aromatic heterocycles. The summed E-state index contributed by atoms with van der Waals surface area (Å²) in [4.78, 5) is 15.9. The Labute approximate surface area is 112 Å². The van der Waals surface area contributed by atoms with Crippen molar-refractivity contribution in [2.75, 3.05) is 33.4 Å². The normalized spacial score (nSPS) is 10.6. The van der Waals surface area contributed by atoms with E-state index in [0.717, 1.165) is 23.5 Å². The lowest BCUT2D eigenvalue weighted by Gasteiger charge is -2.05. The summed E-state index contributed by atoms with van der Waals surface area (Å²) in [7, 11) is 1.64. The van der Waals surface area contributed by atoms with Crippen LogP contribution in [0.4, 0.5) is 0 Å². The number of rotatable bonds is 9. The molecular formula is C12H21N3O2S. The molecule has 18 heavy (non-hydrogen) atoms. The van der Waals surface area contributed by atoms with Gasteiger partial charge in [0.05, 0.1) is 23.9 Å². The van der Waals surface area contributed by atoms with Gasteiger partial charge in [-0.2, -0.15) is 0 Å². The summed E-state index contributed by atoms with van der Waals surface area (Å²) >= 11 is 1.68. The molecule has 0 unspecified atom stereocenters. The molecule has 0 bridgehead atoms. The zero-order valence-electron chi connectivity index (χ0n) is 11.0. The molecule has 0 radical (unpaired) electrons. The van der Waals surface area contributed by atoms with E-state index in [1.54, 1.807) is 18.4 Å². The Morgan fingerprint density at radius 1 is 1.50 bits per heavy atom. The molecule has 0 saturated carbocycles. The van der Waals surface area contributed by atoms with Gasteiger partial charge in [-0.05, 0) is 6.42 Å². The van der Waals surface area contributed by atoms with Crippen molar-refractivity contribution in [2.45, 2.75) is 19.8 Å². The molecule has 1 heterocycles. The fourth-order valence-corrected chi connectivity index (χ4v) is 2.17. The molecule has 0 spiro atoms. The summed E-state index contributed by atoms with van der Waals surface area (Å²) in [6, 6.07) is 0. The molecule has 1 rings (SSSR count). The van der Waals surface area contributed by atoms with Crippen molar-refractivity contribution in [2.24, 2.45) is 0 Å². The maximum Gasteiger partial charge on any atom is 0.233 e. The van der Waals surface area contributed by atoms with Crippen LogP contribution in [-0.4, -0.2) is 44.2 Å². The molecule has 6 heteroatoms. The van der Waals surface area contributed by atoms with E-state index < -0.39 is 0 Å². The number of thiazole rings is 1. The number of hydrogen-bond acceptors (Lipinski definition) is 5. The molecule has 1 amide bonds. The Hall–Kier alpha value is -0.980. The monoisotopic (exact) mass is 271 g/mol. The second kappa shape index (κ2) is 9.02. The number of amides is 1. The molecule has 0 aliphatic carbocycles. The van der Waals surface area contributed by atoms with E-state index in [-0.39, 0.29) is 5.91 Å². The van der Waals surface area contributed by atoms with Crippen LogP contribution < -0.4 is 10.6 Å². The molecule has 0 aromatic carbocycles. The van der Waals surface area contributed by atoms with Gasteiger partial charge in [-0.25, -0.2) is 4.98 Å². The third kappa shape index (κ3) is 6.09. The highest BCUT2D eigenvalue weighted by Gasteiger charge is 2.02. The van der Waals surface area contributed by atoms with E-state index in [1.807, 2.05) is 0 Å². The number of aromatic nitrogens is 1. The standard InChI is InChI=1S/C12H21N3O2S/c1-3-12-15-10(9-18-12)4-5-14-11(16)8-13-6-7-17-2/h9,13H,3-8H2,1-2H3,(H,14,16). The van der Waals surface area contributed by atoms with Gasteiger partial charge in [-0.1, -0.05) is 6.92 Å². The van der Waals surface area contributed by atoms with Crippen molar-refractivity contribution in [1.29, 1.82) is 0 Å². The van der Waals surface area contributed by atoms with Gasteiger partial charge in [-0.15, -0.1) is 11.3 Å². The summed E-state index contributed by atoms with van der Waals surface area (Å²) in [5.41, 5.74) is 1.06. The van der Waals surface area contributed by atoms with Crippen molar-refractivity contribution >= 4 is 17.2 Å². The van der Waals surface area contributed by atoms with Gasteiger partial charge >= 0.3 is 0 Å². The zero-order chi connectivity index (χ0) is 13.2. The summed E-state index contributed by atoms with van der Waals surface area (Å²) in [5.74, 6) is 0.0112. The molecule has 0 saturated heterocycles. The lowest BCUT2D eigenvalue weighted by atomic mass is 10.3. The molecule has 0 aliphatic heterocycles. The van der Waals surface area contributed by atoms with Gasteiger partial charge in [0.1, 0.15) is 0 Å². The summed E-state index contributed by atoms with van der Waals surface area (Å²) < 4.78 is 4.87. The molecular weight excluding hydrogens is 250 g/mol. The summed E-state index contributed by atoms with van der Waals surface area (Å²) in [5, 5.41) is 9.06. The minimum absolute atomic E-state index is 0.0112. The highest BCUT2D eigenvalue weighted by atomic mass is 32.1. The van der Waals surface area contributed by atoms with Gasteiger partial charge < -0.3 is 15.4 Å². The first-order valence-electron chi connectivity index (χ1n) is 6.16. The van der Waals surface area contributed by atoms with Crippen LogP contribution in [0, 0.1) is 0 Å². The van der Waals surface area contributed by atoms with Crippen LogP contribution >= 0.6 is 11.3 Å². The van der Waals surface area contributed by atoms with E-state index in [9.17, 15) is 4.79 Å². The van der Waals surface area contributed by atoms with Crippen molar-refractivity contribution in [3.8, 4) is 0 Å².